The summed E-state index contributed by atoms with van der Waals surface area (Å²) in [5.41, 5.74) is 4.10. The maximum absolute atomic E-state index is 12.1. The normalized spacial score (nSPS) is 22.0. The fourth-order valence-corrected chi connectivity index (χ4v) is 3.47. The summed E-state index contributed by atoms with van der Waals surface area (Å²) in [6.07, 6.45) is 0.159. The monoisotopic (exact) mass is 297 g/mol. The first-order valence-electron chi connectivity index (χ1n) is 6.84. The largest absolute Gasteiger partial charge is 0.480 e. The van der Waals surface area contributed by atoms with Crippen LogP contribution in [-0.4, -0.2) is 22.2 Å². The third-order valence-electron chi connectivity index (χ3n) is 4.49. The summed E-state index contributed by atoms with van der Waals surface area (Å²) in [5.74, 6) is -2.90. The number of benzene rings is 2. The summed E-state index contributed by atoms with van der Waals surface area (Å²) in [6.45, 7) is 0. The highest BCUT2D eigenvalue weighted by atomic mass is 16.4. The molecule has 0 saturated heterocycles. The fraction of sp³-hybridized carbons (Fsp3) is 0.176. The smallest absolute Gasteiger partial charge is 0.327 e. The van der Waals surface area contributed by atoms with E-state index >= 15 is 0 Å². The predicted octanol–water partition coefficient (Wildman–Crippen LogP) is 1.50. The number of hydrogen-bond donors (Lipinski definition) is 3. The molecule has 1 unspecified atom stereocenters. The van der Waals surface area contributed by atoms with Gasteiger partial charge in [0.1, 0.15) is 0 Å². The lowest BCUT2D eigenvalue weighted by molar-refractivity contribution is -0.161. The van der Waals surface area contributed by atoms with E-state index in [2.05, 4.69) is 0 Å². The molecule has 0 fully saturated rings. The third-order valence-corrected chi connectivity index (χ3v) is 4.49. The summed E-state index contributed by atoms with van der Waals surface area (Å²) >= 11 is 0. The maximum Gasteiger partial charge on any atom is 0.327 e. The molecular formula is C17H15NO4. The van der Waals surface area contributed by atoms with E-state index in [-0.39, 0.29) is 12.0 Å². The van der Waals surface area contributed by atoms with Gasteiger partial charge in [0.25, 0.3) is 0 Å². The van der Waals surface area contributed by atoms with E-state index in [1.807, 2.05) is 0 Å². The van der Waals surface area contributed by atoms with Crippen LogP contribution in [0.4, 0.5) is 0 Å². The highest BCUT2D eigenvalue weighted by Crippen LogP contribution is 2.50. The molecule has 4 N–H and O–H groups in total. The molecule has 112 valence electrons. The van der Waals surface area contributed by atoms with Gasteiger partial charge in [-0.1, -0.05) is 54.6 Å². The van der Waals surface area contributed by atoms with Crippen LogP contribution in [0.25, 0.3) is 0 Å². The molecule has 0 heterocycles. The molecule has 5 nitrogen and oxygen atoms in total. The Morgan fingerprint density at radius 1 is 0.909 bits per heavy atom. The minimum absolute atomic E-state index is 0.159. The van der Waals surface area contributed by atoms with Crippen molar-refractivity contribution in [2.45, 2.75) is 17.4 Å². The predicted molar refractivity (Wildman–Crippen MR) is 79.4 cm³/mol. The van der Waals surface area contributed by atoms with Crippen molar-refractivity contribution in [1.82, 2.24) is 0 Å². The highest BCUT2D eigenvalue weighted by molar-refractivity contribution is 6.08. The fourth-order valence-electron chi connectivity index (χ4n) is 3.47. The Morgan fingerprint density at radius 2 is 1.45 bits per heavy atom. The number of rotatable bonds is 3. The molecule has 0 saturated carbocycles. The SMILES string of the molecule is NC1(c2ccccc2)Cc2ccccc2C1(C(=O)O)C(=O)O. The molecule has 2 aromatic carbocycles. The van der Waals surface area contributed by atoms with Gasteiger partial charge in [-0.3, -0.25) is 9.59 Å². The second-order valence-corrected chi connectivity index (χ2v) is 5.53. The van der Waals surface area contributed by atoms with E-state index < -0.39 is 22.9 Å². The Labute approximate surface area is 127 Å². The van der Waals surface area contributed by atoms with E-state index in [1.165, 1.54) is 6.07 Å². The van der Waals surface area contributed by atoms with Gasteiger partial charge >= 0.3 is 11.9 Å². The van der Waals surface area contributed by atoms with Crippen LogP contribution < -0.4 is 5.73 Å². The van der Waals surface area contributed by atoms with Gasteiger partial charge in [0.05, 0.1) is 5.54 Å². The van der Waals surface area contributed by atoms with Crippen molar-refractivity contribution in [2.24, 2.45) is 5.73 Å². The molecule has 0 aliphatic heterocycles. The van der Waals surface area contributed by atoms with Gasteiger partial charge in [0.15, 0.2) is 0 Å². The lowest BCUT2D eigenvalue weighted by Gasteiger charge is -2.37. The van der Waals surface area contributed by atoms with Crippen molar-refractivity contribution < 1.29 is 19.8 Å². The third kappa shape index (κ3) is 1.57. The molecule has 0 spiro atoms. The number of carboxylic acids is 2. The van der Waals surface area contributed by atoms with Gasteiger partial charge in [-0.15, -0.1) is 0 Å². The van der Waals surface area contributed by atoms with Crippen LogP contribution in [0, 0.1) is 0 Å². The molecule has 0 bridgehead atoms. The van der Waals surface area contributed by atoms with Crippen LogP contribution in [0.1, 0.15) is 16.7 Å². The quantitative estimate of drug-likeness (QED) is 0.745. The van der Waals surface area contributed by atoms with Crippen molar-refractivity contribution in [3.63, 3.8) is 0 Å². The van der Waals surface area contributed by atoms with Crippen molar-refractivity contribution in [2.75, 3.05) is 0 Å². The molecule has 2 aromatic rings. The second-order valence-electron chi connectivity index (χ2n) is 5.53. The molecular weight excluding hydrogens is 282 g/mol. The zero-order valence-corrected chi connectivity index (χ0v) is 11.7. The minimum atomic E-state index is -2.20. The van der Waals surface area contributed by atoms with Gasteiger partial charge in [0.2, 0.25) is 5.41 Å². The van der Waals surface area contributed by atoms with E-state index in [0.29, 0.717) is 11.1 Å². The highest BCUT2D eigenvalue weighted by Gasteiger charge is 2.67. The maximum atomic E-state index is 12.1. The summed E-state index contributed by atoms with van der Waals surface area (Å²) in [5, 5.41) is 19.6. The molecule has 22 heavy (non-hydrogen) atoms. The number of fused-ring (bicyclic) bond motifs is 1. The Balaban J connectivity index is 2.37. The van der Waals surface area contributed by atoms with E-state index in [1.54, 1.807) is 48.5 Å². The summed E-state index contributed by atoms with van der Waals surface area (Å²) in [4.78, 5) is 24.1. The Bertz CT molecular complexity index is 742. The first-order chi connectivity index (χ1) is 10.4. The number of aliphatic carboxylic acids is 2. The number of carboxylic acid groups (broad SMARTS) is 2. The number of nitrogens with two attached hydrogens (primary N) is 1. The van der Waals surface area contributed by atoms with Gasteiger partial charge < -0.3 is 15.9 Å². The van der Waals surface area contributed by atoms with E-state index in [0.717, 1.165) is 0 Å². The molecule has 1 aliphatic rings. The molecule has 1 aliphatic carbocycles. The van der Waals surface area contributed by atoms with Gasteiger partial charge in [-0.25, -0.2) is 0 Å². The van der Waals surface area contributed by atoms with Gasteiger partial charge in [-0.2, -0.15) is 0 Å². The number of hydrogen-bond acceptors (Lipinski definition) is 3. The van der Waals surface area contributed by atoms with Crippen molar-refractivity contribution in [1.29, 1.82) is 0 Å². The lowest BCUT2D eigenvalue weighted by Crippen LogP contribution is -2.62. The lowest BCUT2D eigenvalue weighted by atomic mass is 9.66. The molecule has 0 radical (unpaired) electrons. The van der Waals surface area contributed by atoms with Crippen LogP contribution in [0.2, 0.25) is 0 Å². The second kappa shape index (κ2) is 4.68. The Hall–Kier alpha value is -2.66. The van der Waals surface area contributed by atoms with Crippen LogP contribution >= 0.6 is 0 Å². The zero-order chi connectivity index (χ0) is 16.0. The van der Waals surface area contributed by atoms with Crippen molar-refractivity contribution >= 4 is 11.9 Å². The molecule has 5 heteroatoms. The Morgan fingerprint density at radius 3 is 2.05 bits per heavy atom. The van der Waals surface area contributed by atoms with Crippen LogP contribution in [0.15, 0.2) is 54.6 Å². The van der Waals surface area contributed by atoms with Crippen LogP contribution in [-0.2, 0) is 27.0 Å². The average Bonchev–Trinajstić information content (AvgIpc) is 2.78. The zero-order valence-electron chi connectivity index (χ0n) is 11.7. The minimum Gasteiger partial charge on any atom is -0.480 e. The first kappa shape index (κ1) is 14.3. The van der Waals surface area contributed by atoms with Gasteiger partial charge in [0, 0.05) is 0 Å². The molecule has 3 rings (SSSR count). The topological polar surface area (TPSA) is 101 Å². The standard InChI is InChI=1S/C17H15NO4/c18-16(12-7-2-1-3-8-12)10-11-6-4-5-9-13(11)17(16,14(19)20)15(21)22/h1-9H,10,18H2,(H,19,20)(H,21,22). The van der Waals surface area contributed by atoms with E-state index in [9.17, 15) is 19.8 Å². The molecule has 1 atom stereocenters. The van der Waals surface area contributed by atoms with E-state index in [4.69, 9.17) is 5.73 Å². The average molecular weight is 297 g/mol. The summed E-state index contributed by atoms with van der Waals surface area (Å²) in [7, 11) is 0. The van der Waals surface area contributed by atoms with Crippen LogP contribution in [0.3, 0.4) is 0 Å². The van der Waals surface area contributed by atoms with Crippen molar-refractivity contribution in [3.8, 4) is 0 Å². The van der Waals surface area contributed by atoms with Gasteiger partial charge in [-0.05, 0) is 23.1 Å². The van der Waals surface area contributed by atoms with Crippen molar-refractivity contribution in [3.05, 3.63) is 71.3 Å². The number of carbonyl (C=O) groups is 2. The molecule has 0 amide bonds. The summed E-state index contributed by atoms with van der Waals surface area (Å²) in [6, 6.07) is 15.2. The first-order valence-corrected chi connectivity index (χ1v) is 6.84. The van der Waals surface area contributed by atoms with Crippen LogP contribution in [0.5, 0.6) is 0 Å². The molecule has 0 aromatic heterocycles. The summed E-state index contributed by atoms with van der Waals surface area (Å²) < 4.78 is 0. The Kier molecular flexibility index (Phi) is 3.04.